The zero-order valence-electron chi connectivity index (χ0n) is 18.5. The summed E-state index contributed by atoms with van der Waals surface area (Å²) in [6.45, 7) is 0.611. The van der Waals surface area contributed by atoms with Gasteiger partial charge in [0.2, 0.25) is 0 Å². The summed E-state index contributed by atoms with van der Waals surface area (Å²) in [5.41, 5.74) is 4.48. The van der Waals surface area contributed by atoms with Crippen LogP contribution in [0.15, 0.2) is 91.5 Å². The number of pyridine rings is 2. The van der Waals surface area contributed by atoms with Crippen molar-refractivity contribution >= 4 is 23.3 Å². The van der Waals surface area contributed by atoms with Crippen LogP contribution in [0.3, 0.4) is 0 Å². The van der Waals surface area contributed by atoms with Gasteiger partial charge in [0, 0.05) is 42.7 Å². The van der Waals surface area contributed by atoms with E-state index < -0.39 is 0 Å². The molecule has 1 saturated heterocycles. The Labute approximate surface area is 203 Å². The van der Waals surface area contributed by atoms with Crippen LogP contribution in [0.1, 0.15) is 39.4 Å². The summed E-state index contributed by atoms with van der Waals surface area (Å²) in [5.74, 6) is -0.359. The predicted octanol–water partition coefficient (Wildman–Crippen LogP) is 4.23. The Morgan fingerprint density at radius 3 is 2.62 bits per heavy atom. The van der Waals surface area contributed by atoms with E-state index in [0.717, 1.165) is 22.6 Å². The van der Waals surface area contributed by atoms with Gasteiger partial charge in [-0.05, 0) is 72.4 Å². The lowest BCUT2D eigenvalue weighted by atomic mass is 10.0. The second-order valence-electron chi connectivity index (χ2n) is 7.96. The van der Waals surface area contributed by atoms with Gasteiger partial charge in [-0.1, -0.05) is 12.1 Å². The van der Waals surface area contributed by atoms with E-state index in [2.05, 4.69) is 30.8 Å². The molecular formula is C26H23N5O2S. The largest absolute Gasteiger partial charge is 0.465 e. The molecule has 0 spiro atoms. The van der Waals surface area contributed by atoms with E-state index in [0.29, 0.717) is 17.2 Å². The van der Waals surface area contributed by atoms with Gasteiger partial charge in [0.15, 0.2) is 5.11 Å². The van der Waals surface area contributed by atoms with Crippen molar-refractivity contribution < 1.29 is 9.53 Å². The molecule has 5 rings (SSSR count). The molecule has 0 amide bonds. The Bertz CT molecular complexity index is 1290. The number of rotatable bonds is 6. The molecule has 8 heteroatoms. The fourth-order valence-electron chi connectivity index (χ4n) is 4.33. The second-order valence-corrected chi connectivity index (χ2v) is 8.34. The van der Waals surface area contributed by atoms with Crippen LogP contribution in [-0.2, 0) is 11.3 Å². The van der Waals surface area contributed by atoms with Gasteiger partial charge in [-0.3, -0.25) is 9.97 Å². The van der Waals surface area contributed by atoms with Crippen LogP contribution < -0.4 is 5.32 Å². The number of carbonyl (C=O) groups is 1. The molecule has 2 unspecified atom stereocenters. The van der Waals surface area contributed by atoms with Crippen molar-refractivity contribution in [2.24, 2.45) is 0 Å². The van der Waals surface area contributed by atoms with Crippen molar-refractivity contribution in [1.82, 2.24) is 24.8 Å². The number of esters is 1. The molecule has 170 valence electrons. The summed E-state index contributed by atoms with van der Waals surface area (Å²) in [6, 6.07) is 21.1. The van der Waals surface area contributed by atoms with Gasteiger partial charge >= 0.3 is 5.97 Å². The standard InChI is InChI=1S/C26H23N5O2S/c1-33-25(32)19-9-11-20(12-10-19)30-15-5-8-22(30)24-23(21-7-2-3-14-28-21)29-26(34)31(24)17-18-6-4-13-27-16-18/h2-16,23-24H,17H2,1H3,(H,29,34). The molecule has 7 nitrogen and oxygen atoms in total. The predicted molar refractivity (Wildman–Crippen MR) is 132 cm³/mol. The molecule has 1 N–H and O–H groups in total. The lowest BCUT2D eigenvalue weighted by molar-refractivity contribution is 0.0600. The third kappa shape index (κ3) is 4.15. The molecule has 0 bridgehead atoms. The quantitative estimate of drug-likeness (QED) is 0.335. The Hall–Kier alpha value is -4.04. The smallest absolute Gasteiger partial charge is 0.337 e. The second kappa shape index (κ2) is 9.44. The van der Waals surface area contributed by atoms with E-state index in [1.807, 2.05) is 60.9 Å². The van der Waals surface area contributed by atoms with Gasteiger partial charge in [-0.2, -0.15) is 0 Å². The highest BCUT2D eigenvalue weighted by atomic mass is 32.1. The summed E-state index contributed by atoms with van der Waals surface area (Å²) in [4.78, 5) is 22.9. The minimum atomic E-state index is -0.359. The number of nitrogens with zero attached hydrogens (tertiary/aromatic N) is 4. The molecule has 4 heterocycles. The normalized spacial score (nSPS) is 17.4. The molecule has 1 aromatic carbocycles. The average molecular weight is 470 g/mol. The van der Waals surface area contributed by atoms with Crippen LogP contribution in [0, 0.1) is 0 Å². The van der Waals surface area contributed by atoms with Crippen molar-refractivity contribution in [2.75, 3.05) is 7.11 Å². The first-order chi connectivity index (χ1) is 16.7. The fourth-order valence-corrected chi connectivity index (χ4v) is 4.64. The fraction of sp³-hybridized carbons (Fsp3) is 0.154. The highest BCUT2D eigenvalue weighted by Gasteiger charge is 2.41. The van der Waals surface area contributed by atoms with Gasteiger partial charge < -0.3 is 19.5 Å². The third-order valence-corrected chi connectivity index (χ3v) is 6.28. The molecule has 2 atom stereocenters. The number of hydrogen-bond acceptors (Lipinski definition) is 5. The first-order valence-electron chi connectivity index (χ1n) is 10.9. The van der Waals surface area contributed by atoms with Crippen molar-refractivity contribution in [1.29, 1.82) is 0 Å². The van der Waals surface area contributed by atoms with Crippen LogP contribution >= 0.6 is 12.2 Å². The summed E-state index contributed by atoms with van der Waals surface area (Å²) in [7, 11) is 1.38. The minimum absolute atomic E-state index is 0.113. The molecule has 0 saturated carbocycles. The number of nitrogens with one attached hydrogen (secondary N) is 1. The number of carbonyl (C=O) groups excluding carboxylic acids is 1. The third-order valence-electron chi connectivity index (χ3n) is 5.92. The lowest BCUT2D eigenvalue weighted by Gasteiger charge is -2.29. The van der Waals surface area contributed by atoms with Gasteiger partial charge in [0.1, 0.15) is 0 Å². The van der Waals surface area contributed by atoms with E-state index in [1.165, 1.54) is 7.11 Å². The molecule has 0 radical (unpaired) electrons. The molecule has 4 aromatic rings. The number of aromatic nitrogens is 3. The van der Waals surface area contributed by atoms with Gasteiger partial charge in [0.25, 0.3) is 0 Å². The Morgan fingerprint density at radius 1 is 1.06 bits per heavy atom. The molecule has 0 aliphatic carbocycles. The van der Waals surface area contributed by atoms with Gasteiger partial charge in [0.05, 0.1) is 30.5 Å². The maximum Gasteiger partial charge on any atom is 0.337 e. The van der Waals surface area contributed by atoms with E-state index in [1.54, 1.807) is 24.5 Å². The summed E-state index contributed by atoms with van der Waals surface area (Å²) >= 11 is 5.79. The van der Waals surface area contributed by atoms with Crippen LogP contribution in [0.25, 0.3) is 5.69 Å². The molecule has 1 fully saturated rings. The number of benzene rings is 1. The zero-order chi connectivity index (χ0) is 23.5. The minimum Gasteiger partial charge on any atom is -0.465 e. The molecule has 1 aliphatic heterocycles. The van der Waals surface area contributed by atoms with E-state index in [-0.39, 0.29) is 18.1 Å². The highest BCUT2D eigenvalue weighted by Crippen LogP contribution is 2.40. The Balaban J connectivity index is 1.56. The number of hydrogen-bond donors (Lipinski definition) is 1. The molecular weight excluding hydrogens is 446 g/mol. The monoisotopic (exact) mass is 469 g/mol. The maximum absolute atomic E-state index is 11.9. The highest BCUT2D eigenvalue weighted by molar-refractivity contribution is 7.80. The summed E-state index contributed by atoms with van der Waals surface area (Å²) < 4.78 is 6.95. The van der Waals surface area contributed by atoms with Crippen molar-refractivity contribution in [3.05, 3.63) is 114 Å². The number of ether oxygens (including phenoxy) is 1. The number of methoxy groups -OCH3 is 1. The van der Waals surface area contributed by atoms with E-state index in [4.69, 9.17) is 17.0 Å². The van der Waals surface area contributed by atoms with Crippen molar-refractivity contribution in [3.8, 4) is 5.69 Å². The lowest BCUT2D eigenvalue weighted by Crippen LogP contribution is -2.30. The summed E-state index contributed by atoms with van der Waals surface area (Å²) in [5, 5.41) is 4.15. The van der Waals surface area contributed by atoms with Gasteiger partial charge in [-0.25, -0.2) is 4.79 Å². The SMILES string of the molecule is COC(=O)c1ccc(-n2cccc2C2C(c3ccccn3)NC(=S)N2Cc2cccnc2)cc1. The molecule has 3 aromatic heterocycles. The Morgan fingerprint density at radius 2 is 1.91 bits per heavy atom. The Kier molecular flexibility index (Phi) is 6.05. The van der Waals surface area contributed by atoms with Crippen molar-refractivity contribution in [2.45, 2.75) is 18.6 Å². The first kappa shape index (κ1) is 21.8. The number of thiocarbonyl (C=S) groups is 1. The van der Waals surface area contributed by atoms with E-state index >= 15 is 0 Å². The van der Waals surface area contributed by atoms with Crippen LogP contribution in [0.5, 0.6) is 0 Å². The zero-order valence-corrected chi connectivity index (χ0v) is 19.4. The topological polar surface area (TPSA) is 72.3 Å². The first-order valence-corrected chi connectivity index (χ1v) is 11.3. The summed E-state index contributed by atoms with van der Waals surface area (Å²) in [6.07, 6.45) is 7.44. The van der Waals surface area contributed by atoms with Crippen molar-refractivity contribution in [3.63, 3.8) is 0 Å². The van der Waals surface area contributed by atoms with E-state index in [9.17, 15) is 4.79 Å². The average Bonchev–Trinajstić information content (AvgIpc) is 3.49. The molecule has 1 aliphatic rings. The van der Waals surface area contributed by atoms with Gasteiger partial charge in [-0.15, -0.1) is 0 Å². The maximum atomic E-state index is 11.9. The van der Waals surface area contributed by atoms with Crippen LogP contribution in [0.4, 0.5) is 0 Å². The van der Waals surface area contributed by atoms with Crippen LogP contribution in [-0.4, -0.2) is 37.6 Å². The molecule has 34 heavy (non-hydrogen) atoms. The van der Waals surface area contributed by atoms with Crippen LogP contribution in [0.2, 0.25) is 0 Å².